The first-order valence-electron chi connectivity index (χ1n) is 6.55. The van der Waals surface area contributed by atoms with Gasteiger partial charge in [-0.15, -0.1) is 24.8 Å². The van der Waals surface area contributed by atoms with E-state index < -0.39 is 30.8 Å². The Morgan fingerprint density at radius 2 is 1.96 bits per heavy atom. The maximum Gasteiger partial charge on any atom is 0.262 e. The summed E-state index contributed by atoms with van der Waals surface area (Å²) < 4.78 is 25.9. The van der Waals surface area contributed by atoms with E-state index in [1.54, 1.807) is 24.5 Å². The predicted molar refractivity (Wildman–Crippen MR) is 86.3 cm³/mol. The van der Waals surface area contributed by atoms with Gasteiger partial charge in [0.2, 0.25) is 11.8 Å². The molecule has 0 radical (unpaired) electrons. The summed E-state index contributed by atoms with van der Waals surface area (Å²) in [4.78, 5) is 27.0. The standard InChI is InChI=1S/C13H16F2N4O2.2ClH/c14-13(15)7-10(18-8-13)12(21)17-6-3-11(20)19-9-1-4-16-5-2-9;;/h1-2,4-5,10,18H,3,6-8H2,(H,17,21)(H,16,19,20);2*1H. The Kier molecular flexibility index (Phi) is 8.96. The van der Waals surface area contributed by atoms with Crippen molar-refractivity contribution < 1.29 is 18.4 Å². The van der Waals surface area contributed by atoms with Crippen LogP contribution in [0, 0.1) is 0 Å². The quantitative estimate of drug-likeness (QED) is 0.730. The van der Waals surface area contributed by atoms with Gasteiger partial charge in [0.05, 0.1) is 12.6 Å². The number of nitrogens with one attached hydrogen (secondary N) is 3. The van der Waals surface area contributed by atoms with Crippen LogP contribution in [0.25, 0.3) is 0 Å². The molecule has 10 heteroatoms. The van der Waals surface area contributed by atoms with Crippen molar-refractivity contribution in [3.8, 4) is 0 Å². The molecule has 6 nitrogen and oxygen atoms in total. The van der Waals surface area contributed by atoms with Gasteiger partial charge in [0, 0.05) is 37.5 Å². The van der Waals surface area contributed by atoms with Crippen LogP contribution in [-0.4, -0.2) is 41.9 Å². The smallest absolute Gasteiger partial charge is 0.262 e. The zero-order valence-electron chi connectivity index (χ0n) is 12.1. The number of rotatable bonds is 5. The molecule has 1 aromatic rings. The summed E-state index contributed by atoms with van der Waals surface area (Å²) in [7, 11) is 0. The Morgan fingerprint density at radius 1 is 1.30 bits per heavy atom. The number of alkyl halides is 2. The molecule has 2 rings (SSSR count). The zero-order chi connectivity index (χ0) is 15.3. The summed E-state index contributed by atoms with van der Waals surface area (Å²) in [6.45, 7) is -0.396. The van der Waals surface area contributed by atoms with Gasteiger partial charge in [0.1, 0.15) is 0 Å². The third-order valence-electron chi connectivity index (χ3n) is 3.04. The normalized spacial score (nSPS) is 18.3. The number of halogens is 4. The predicted octanol–water partition coefficient (Wildman–Crippen LogP) is 1.37. The highest BCUT2D eigenvalue weighted by Crippen LogP contribution is 2.24. The molecule has 23 heavy (non-hydrogen) atoms. The van der Waals surface area contributed by atoms with E-state index in [-0.39, 0.29) is 43.7 Å². The lowest BCUT2D eigenvalue weighted by molar-refractivity contribution is -0.123. The van der Waals surface area contributed by atoms with Gasteiger partial charge in [-0.1, -0.05) is 0 Å². The first-order chi connectivity index (χ1) is 9.96. The van der Waals surface area contributed by atoms with Crippen molar-refractivity contribution in [2.45, 2.75) is 24.8 Å². The molecule has 1 aliphatic heterocycles. The highest BCUT2D eigenvalue weighted by molar-refractivity contribution is 5.91. The SMILES string of the molecule is Cl.Cl.O=C(CCNC(=O)C1CC(F)(F)CN1)Nc1ccncc1. The Bertz CT molecular complexity index is 520. The molecular formula is C13H18Cl2F2N4O2. The monoisotopic (exact) mass is 370 g/mol. The van der Waals surface area contributed by atoms with E-state index in [1.807, 2.05) is 0 Å². The van der Waals surface area contributed by atoms with Crippen molar-refractivity contribution in [2.75, 3.05) is 18.4 Å². The van der Waals surface area contributed by atoms with E-state index in [9.17, 15) is 18.4 Å². The van der Waals surface area contributed by atoms with Crippen LogP contribution < -0.4 is 16.0 Å². The van der Waals surface area contributed by atoms with Crippen molar-refractivity contribution in [1.29, 1.82) is 0 Å². The van der Waals surface area contributed by atoms with Crippen LogP contribution in [0.3, 0.4) is 0 Å². The lowest BCUT2D eigenvalue weighted by atomic mass is 10.2. The number of hydrogen-bond acceptors (Lipinski definition) is 4. The van der Waals surface area contributed by atoms with Crippen molar-refractivity contribution in [3.05, 3.63) is 24.5 Å². The van der Waals surface area contributed by atoms with Crippen molar-refractivity contribution in [2.24, 2.45) is 0 Å². The third-order valence-corrected chi connectivity index (χ3v) is 3.04. The molecule has 2 heterocycles. The minimum absolute atomic E-state index is 0. The molecule has 0 bridgehead atoms. The van der Waals surface area contributed by atoms with Crippen LogP contribution in [-0.2, 0) is 9.59 Å². The van der Waals surface area contributed by atoms with Gasteiger partial charge in [-0.25, -0.2) is 8.78 Å². The average Bonchev–Trinajstić information content (AvgIpc) is 2.80. The molecule has 130 valence electrons. The fraction of sp³-hybridized carbons (Fsp3) is 0.462. The van der Waals surface area contributed by atoms with Gasteiger partial charge < -0.3 is 10.6 Å². The fourth-order valence-electron chi connectivity index (χ4n) is 1.98. The molecule has 0 saturated carbocycles. The van der Waals surface area contributed by atoms with Crippen molar-refractivity contribution in [3.63, 3.8) is 0 Å². The van der Waals surface area contributed by atoms with Gasteiger partial charge in [-0.3, -0.25) is 19.9 Å². The Morgan fingerprint density at radius 3 is 2.52 bits per heavy atom. The molecule has 1 fully saturated rings. The van der Waals surface area contributed by atoms with E-state index in [4.69, 9.17) is 0 Å². The number of pyridine rings is 1. The van der Waals surface area contributed by atoms with Gasteiger partial charge in [-0.05, 0) is 12.1 Å². The number of carbonyl (C=O) groups excluding carboxylic acids is 2. The van der Waals surface area contributed by atoms with E-state index in [2.05, 4.69) is 20.9 Å². The van der Waals surface area contributed by atoms with Crippen LogP contribution in [0.5, 0.6) is 0 Å². The maximum atomic E-state index is 12.9. The summed E-state index contributed by atoms with van der Waals surface area (Å²) in [5.74, 6) is -3.63. The first kappa shape index (κ1) is 21.5. The largest absolute Gasteiger partial charge is 0.354 e. The molecule has 1 aliphatic rings. The molecular weight excluding hydrogens is 353 g/mol. The lowest BCUT2D eigenvalue weighted by Crippen LogP contribution is -2.41. The topological polar surface area (TPSA) is 83.1 Å². The lowest BCUT2D eigenvalue weighted by Gasteiger charge is -2.11. The Balaban J connectivity index is 0.00000242. The highest BCUT2D eigenvalue weighted by Gasteiger charge is 2.42. The number of nitrogens with zero attached hydrogens (tertiary/aromatic N) is 1. The second-order valence-electron chi connectivity index (χ2n) is 4.82. The van der Waals surface area contributed by atoms with Crippen LogP contribution in [0.4, 0.5) is 14.5 Å². The average molecular weight is 371 g/mol. The molecule has 0 spiro atoms. The van der Waals surface area contributed by atoms with E-state index >= 15 is 0 Å². The number of hydrogen-bond donors (Lipinski definition) is 3. The van der Waals surface area contributed by atoms with Gasteiger partial charge in [-0.2, -0.15) is 0 Å². The van der Waals surface area contributed by atoms with Crippen LogP contribution in [0.1, 0.15) is 12.8 Å². The number of amides is 2. The van der Waals surface area contributed by atoms with Crippen LogP contribution >= 0.6 is 24.8 Å². The highest BCUT2D eigenvalue weighted by atomic mass is 35.5. The second-order valence-corrected chi connectivity index (χ2v) is 4.82. The van der Waals surface area contributed by atoms with E-state index in [0.29, 0.717) is 5.69 Å². The Labute approximate surface area is 144 Å². The summed E-state index contributed by atoms with van der Waals surface area (Å²) in [5.41, 5.74) is 0.610. The number of anilines is 1. The van der Waals surface area contributed by atoms with E-state index in [1.165, 1.54) is 0 Å². The number of carbonyl (C=O) groups is 2. The molecule has 0 aromatic carbocycles. The van der Waals surface area contributed by atoms with Crippen LogP contribution in [0.15, 0.2) is 24.5 Å². The fourth-order valence-corrected chi connectivity index (χ4v) is 1.98. The first-order valence-corrected chi connectivity index (χ1v) is 6.55. The molecule has 1 unspecified atom stereocenters. The van der Waals surface area contributed by atoms with Crippen LogP contribution in [0.2, 0.25) is 0 Å². The van der Waals surface area contributed by atoms with Gasteiger partial charge >= 0.3 is 0 Å². The molecule has 2 amide bonds. The number of aromatic nitrogens is 1. The minimum atomic E-state index is -2.85. The maximum absolute atomic E-state index is 12.9. The summed E-state index contributed by atoms with van der Waals surface area (Å²) in [6, 6.07) is 2.38. The van der Waals surface area contributed by atoms with Gasteiger partial charge in [0.15, 0.2) is 0 Å². The van der Waals surface area contributed by atoms with E-state index in [0.717, 1.165) is 0 Å². The second kappa shape index (κ2) is 9.59. The zero-order valence-corrected chi connectivity index (χ0v) is 13.7. The van der Waals surface area contributed by atoms with Gasteiger partial charge in [0.25, 0.3) is 5.92 Å². The molecule has 0 aliphatic carbocycles. The molecule has 3 N–H and O–H groups in total. The third kappa shape index (κ3) is 7.06. The summed E-state index contributed by atoms with van der Waals surface area (Å²) in [5, 5.41) is 7.56. The van der Waals surface area contributed by atoms with Crippen molar-refractivity contribution >= 4 is 42.3 Å². The summed E-state index contributed by atoms with van der Waals surface area (Å²) in [6.07, 6.45) is 2.64. The molecule has 1 atom stereocenters. The Hall–Kier alpha value is -1.51. The molecule has 1 aromatic heterocycles. The summed E-state index contributed by atoms with van der Waals surface area (Å²) >= 11 is 0. The van der Waals surface area contributed by atoms with Crippen molar-refractivity contribution in [1.82, 2.24) is 15.6 Å². The minimum Gasteiger partial charge on any atom is -0.354 e. The molecule has 1 saturated heterocycles.